The van der Waals surface area contributed by atoms with Crippen molar-refractivity contribution >= 4 is 5.97 Å². The maximum atomic E-state index is 10.6. The van der Waals surface area contributed by atoms with Crippen molar-refractivity contribution in [2.24, 2.45) is 17.3 Å². The van der Waals surface area contributed by atoms with Crippen LogP contribution in [0.4, 0.5) is 0 Å². The molecule has 4 nitrogen and oxygen atoms in total. The fourth-order valence-electron chi connectivity index (χ4n) is 3.69. The molecule has 1 aliphatic carbocycles. The minimum absolute atomic E-state index is 0.0298. The van der Waals surface area contributed by atoms with Crippen molar-refractivity contribution in [2.75, 3.05) is 0 Å². The number of allylic oxidation sites excluding steroid dienone is 2. The number of carbonyl (C=O) groups is 1. The summed E-state index contributed by atoms with van der Waals surface area (Å²) in [6.45, 7) is 10.4. The van der Waals surface area contributed by atoms with Gasteiger partial charge in [0.15, 0.2) is 0 Å². The summed E-state index contributed by atoms with van der Waals surface area (Å²) in [4.78, 5) is 10.5. The summed E-state index contributed by atoms with van der Waals surface area (Å²) >= 11 is 0. The molecule has 0 bridgehead atoms. The van der Waals surface area contributed by atoms with Crippen molar-refractivity contribution in [3.05, 3.63) is 36.5 Å². The van der Waals surface area contributed by atoms with E-state index < -0.39 is 18.2 Å². The van der Waals surface area contributed by atoms with Crippen LogP contribution in [0.5, 0.6) is 0 Å². The molecule has 154 valence electrons. The van der Waals surface area contributed by atoms with Crippen LogP contribution in [0.3, 0.4) is 0 Å². The molecule has 0 spiro atoms. The van der Waals surface area contributed by atoms with Gasteiger partial charge in [-0.1, -0.05) is 70.1 Å². The summed E-state index contributed by atoms with van der Waals surface area (Å²) in [6, 6.07) is 0. The van der Waals surface area contributed by atoms with Gasteiger partial charge < -0.3 is 15.3 Å². The lowest BCUT2D eigenvalue weighted by molar-refractivity contribution is -0.137. The molecule has 0 aromatic heterocycles. The van der Waals surface area contributed by atoms with Crippen molar-refractivity contribution in [1.82, 2.24) is 0 Å². The molecule has 0 aromatic rings. The molecule has 0 aromatic carbocycles. The standard InChI is InChI=1S/C23H38O4/c1-5-6-15-23(3,4)21(25)14-13-19-18(17(2)16-20(19)24)11-9-7-8-10-12-22(26)27/h7,9,13-14,18-21,24-25H,2,5-6,8,10-12,15-16H2,1,3-4H3,(H,26,27)/t18-,19+,20?,21?/m0/s1. The molecule has 4 atom stereocenters. The molecule has 1 aliphatic rings. The van der Waals surface area contributed by atoms with Gasteiger partial charge in [0, 0.05) is 12.3 Å². The first kappa shape index (κ1) is 23.6. The number of aliphatic hydroxyl groups excluding tert-OH is 2. The quantitative estimate of drug-likeness (QED) is 0.334. The van der Waals surface area contributed by atoms with Crippen molar-refractivity contribution in [3.8, 4) is 0 Å². The monoisotopic (exact) mass is 378 g/mol. The Balaban J connectivity index is 2.63. The zero-order chi connectivity index (χ0) is 20.4. The summed E-state index contributed by atoms with van der Waals surface area (Å²) < 4.78 is 0. The smallest absolute Gasteiger partial charge is 0.303 e. The van der Waals surface area contributed by atoms with E-state index in [2.05, 4.69) is 33.4 Å². The molecule has 0 amide bonds. The van der Waals surface area contributed by atoms with E-state index in [1.165, 1.54) is 0 Å². The highest BCUT2D eigenvalue weighted by Gasteiger charge is 2.35. The van der Waals surface area contributed by atoms with E-state index in [0.29, 0.717) is 12.8 Å². The molecule has 4 heteroatoms. The molecular formula is C23H38O4. The van der Waals surface area contributed by atoms with E-state index in [4.69, 9.17) is 5.11 Å². The predicted octanol–water partition coefficient (Wildman–Crippen LogP) is 4.87. The third kappa shape index (κ3) is 8.02. The predicted molar refractivity (Wildman–Crippen MR) is 110 cm³/mol. The van der Waals surface area contributed by atoms with Crippen LogP contribution in [-0.2, 0) is 4.79 Å². The van der Waals surface area contributed by atoms with Crippen LogP contribution in [-0.4, -0.2) is 33.5 Å². The van der Waals surface area contributed by atoms with E-state index in [1.54, 1.807) is 0 Å². The Morgan fingerprint density at radius 1 is 1.33 bits per heavy atom. The molecule has 27 heavy (non-hydrogen) atoms. The molecule has 0 radical (unpaired) electrons. The molecule has 0 heterocycles. The number of aliphatic carboxylic acids is 1. The average Bonchev–Trinajstić information content (AvgIpc) is 2.86. The van der Waals surface area contributed by atoms with Crippen LogP contribution in [0.2, 0.25) is 0 Å². The normalized spacial score (nSPS) is 24.9. The van der Waals surface area contributed by atoms with Crippen molar-refractivity contribution in [3.63, 3.8) is 0 Å². The number of aliphatic hydroxyl groups is 2. The zero-order valence-corrected chi connectivity index (χ0v) is 17.2. The largest absolute Gasteiger partial charge is 0.481 e. The van der Waals surface area contributed by atoms with Gasteiger partial charge in [0.25, 0.3) is 0 Å². The fraction of sp³-hybridized carbons (Fsp3) is 0.696. The van der Waals surface area contributed by atoms with E-state index in [0.717, 1.165) is 37.7 Å². The second-order valence-electron chi connectivity index (χ2n) is 8.53. The van der Waals surface area contributed by atoms with Crippen LogP contribution >= 0.6 is 0 Å². The second-order valence-corrected chi connectivity index (χ2v) is 8.53. The summed E-state index contributed by atoms with van der Waals surface area (Å²) in [6.07, 6.45) is 13.1. The van der Waals surface area contributed by atoms with E-state index in [1.807, 2.05) is 18.2 Å². The highest BCUT2D eigenvalue weighted by atomic mass is 16.4. The second kappa shape index (κ2) is 11.5. The third-order valence-corrected chi connectivity index (χ3v) is 5.71. The number of carboxylic acid groups (broad SMARTS) is 1. The Morgan fingerprint density at radius 3 is 2.67 bits per heavy atom. The Hall–Kier alpha value is -1.39. The summed E-state index contributed by atoms with van der Waals surface area (Å²) in [5.74, 6) is -0.628. The van der Waals surface area contributed by atoms with Gasteiger partial charge in [0.2, 0.25) is 0 Å². The van der Waals surface area contributed by atoms with Crippen LogP contribution in [0.1, 0.15) is 72.1 Å². The third-order valence-electron chi connectivity index (χ3n) is 5.71. The van der Waals surface area contributed by atoms with E-state index in [-0.39, 0.29) is 23.7 Å². The summed E-state index contributed by atoms with van der Waals surface area (Å²) in [5, 5.41) is 29.6. The molecular weight excluding hydrogens is 340 g/mol. The van der Waals surface area contributed by atoms with Gasteiger partial charge in [-0.25, -0.2) is 0 Å². The molecule has 3 N–H and O–H groups in total. The van der Waals surface area contributed by atoms with Crippen LogP contribution in [0, 0.1) is 17.3 Å². The molecule has 1 fully saturated rings. The van der Waals surface area contributed by atoms with Crippen LogP contribution in [0.25, 0.3) is 0 Å². The minimum atomic E-state index is -0.763. The van der Waals surface area contributed by atoms with Crippen molar-refractivity contribution < 1.29 is 20.1 Å². The Labute approximate surface area is 164 Å². The maximum absolute atomic E-state index is 10.6. The fourth-order valence-corrected chi connectivity index (χ4v) is 3.69. The minimum Gasteiger partial charge on any atom is -0.481 e. The van der Waals surface area contributed by atoms with Gasteiger partial charge in [-0.05, 0) is 43.4 Å². The number of carboxylic acids is 1. The lowest BCUT2D eigenvalue weighted by Gasteiger charge is -2.29. The van der Waals surface area contributed by atoms with Gasteiger partial charge in [-0.3, -0.25) is 4.79 Å². The molecule has 1 saturated carbocycles. The van der Waals surface area contributed by atoms with Gasteiger partial charge >= 0.3 is 5.97 Å². The molecule has 1 rings (SSSR count). The summed E-state index contributed by atoms with van der Waals surface area (Å²) in [7, 11) is 0. The number of hydrogen-bond acceptors (Lipinski definition) is 3. The van der Waals surface area contributed by atoms with Crippen LogP contribution in [0.15, 0.2) is 36.5 Å². The van der Waals surface area contributed by atoms with Crippen molar-refractivity contribution in [1.29, 1.82) is 0 Å². The van der Waals surface area contributed by atoms with E-state index in [9.17, 15) is 15.0 Å². The first-order valence-electron chi connectivity index (χ1n) is 10.3. The highest BCUT2D eigenvalue weighted by Crippen LogP contribution is 2.40. The molecule has 0 aliphatic heterocycles. The SMILES string of the molecule is C=C1CC(O)[C@H](C=CC(O)C(C)(C)CCCC)[C@H]1CC=CCCCC(=O)O. The topological polar surface area (TPSA) is 77.8 Å². The first-order chi connectivity index (χ1) is 12.7. The molecule has 0 saturated heterocycles. The Morgan fingerprint density at radius 2 is 2.04 bits per heavy atom. The van der Waals surface area contributed by atoms with E-state index >= 15 is 0 Å². The zero-order valence-electron chi connectivity index (χ0n) is 17.2. The maximum Gasteiger partial charge on any atom is 0.303 e. The number of rotatable bonds is 12. The Bertz CT molecular complexity index is 532. The lowest BCUT2D eigenvalue weighted by Crippen LogP contribution is -2.28. The molecule has 2 unspecified atom stereocenters. The van der Waals surface area contributed by atoms with Gasteiger partial charge in [-0.2, -0.15) is 0 Å². The Kier molecular flexibility index (Phi) is 10.0. The van der Waals surface area contributed by atoms with Gasteiger partial charge in [-0.15, -0.1) is 0 Å². The van der Waals surface area contributed by atoms with Crippen molar-refractivity contribution in [2.45, 2.75) is 84.3 Å². The first-order valence-corrected chi connectivity index (χ1v) is 10.3. The highest BCUT2D eigenvalue weighted by molar-refractivity contribution is 5.66. The van der Waals surface area contributed by atoms with Crippen LogP contribution < -0.4 is 0 Å². The number of hydrogen-bond donors (Lipinski definition) is 3. The average molecular weight is 379 g/mol. The lowest BCUT2D eigenvalue weighted by atomic mass is 9.80. The number of unbranched alkanes of at least 4 members (excludes halogenated alkanes) is 2. The van der Waals surface area contributed by atoms with Gasteiger partial charge in [0.05, 0.1) is 12.2 Å². The van der Waals surface area contributed by atoms with Gasteiger partial charge in [0.1, 0.15) is 0 Å². The summed E-state index contributed by atoms with van der Waals surface area (Å²) in [5.41, 5.74) is 0.874.